The fourth-order valence-electron chi connectivity index (χ4n) is 11.1. The van der Waals surface area contributed by atoms with Gasteiger partial charge in [0, 0.05) is 6.92 Å². The van der Waals surface area contributed by atoms with E-state index >= 15 is 0 Å². The molecule has 0 aromatic rings. The highest BCUT2D eigenvalue weighted by Gasteiger charge is 2.61. The summed E-state index contributed by atoms with van der Waals surface area (Å²) in [5, 5.41) is 33.5. The quantitative estimate of drug-likeness (QED) is 0.266. The minimum absolute atomic E-state index is 0.0286. The molecule has 14 atom stereocenters. The second-order valence-electron chi connectivity index (χ2n) is 16.2. The van der Waals surface area contributed by atoms with E-state index in [0.717, 1.165) is 54.8 Å². The lowest BCUT2D eigenvalue weighted by molar-refractivity contribution is -0.288. The molecule has 6 unspecified atom stereocenters. The predicted molar refractivity (Wildman–Crippen MR) is 163 cm³/mol. The van der Waals surface area contributed by atoms with Crippen molar-refractivity contribution in [1.82, 2.24) is 5.32 Å². The molecule has 7 nitrogen and oxygen atoms in total. The number of carbonyl (C=O) groups excluding carboxylic acids is 1. The summed E-state index contributed by atoms with van der Waals surface area (Å²) < 4.78 is 12.4. The Kier molecular flexibility index (Phi) is 10.1. The van der Waals surface area contributed by atoms with Gasteiger partial charge in [-0.3, -0.25) is 4.79 Å². The van der Waals surface area contributed by atoms with E-state index in [1.807, 2.05) is 0 Å². The molecule has 5 aliphatic rings. The fourth-order valence-corrected chi connectivity index (χ4v) is 11.1. The Hall–Kier alpha value is -0.730. The van der Waals surface area contributed by atoms with Gasteiger partial charge in [0.1, 0.15) is 24.4 Å². The van der Waals surface area contributed by atoms with Crippen molar-refractivity contribution in [3.05, 3.63) is 0 Å². The molecule has 42 heavy (non-hydrogen) atoms. The maximum atomic E-state index is 11.9. The lowest BCUT2D eigenvalue weighted by atomic mass is 9.44. The van der Waals surface area contributed by atoms with Crippen LogP contribution in [0.2, 0.25) is 0 Å². The molecule has 0 aromatic carbocycles. The number of nitrogens with one attached hydrogen (secondary N) is 1. The lowest BCUT2D eigenvalue weighted by Gasteiger charge is -2.61. The molecule has 4 N–H and O–H groups in total. The van der Waals surface area contributed by atoms with Gasteiger partial charge in [0.2, 0.25) is 5.91 Å². The van der Waals surface area contributed by atoms with Crippen LogP contribution in [0.1, 0.15) is 119 Å². The predicted octanol–water partition coefficient (Wildman–Crippen LogP) is 5.44. The van der Waals surface area contributed by atoms with Crippen molar-refractivity contribution in [3.63, 3.8) is 0 Å². The van der Waals surface area contributed by atoms with E-state index < -0.39 is 37.3 Å². The first kappa shape index (κ1) is 32.7. The molecular formula is C35H61NO6. The first-order valence-corrected chi connectivity index (χ1v) is 17.4. The molecule has 1 aliphatic heterocycles. The van der Waals surface area contributed by atoms with Crippen molar-refractivity contribution >= 4 is 5.91 Å². The van der Waals surface area contributed by atoms with E-state index in [2.05, 4.69) is 39.9 Å². The second kappa shape index (κ2) is 12.9. The van der Waals surface area contributed by atoms with Crippen LogP contribution in [0, 0.1) is 52.3 Å². The van der Waals surface area contributed by atoms with Crippen LogP contribution in [0.4, 0.5) is 0 Å². The molecule has 7 heteroatoms. The van der Waals surface area contributed by atoms with E-state index in [1.165, 1.54) is 64.7 Å². The largest absolute Gasteiger partial charge is 0.394 e. The number of carbonyl (C=O) groups is 1. The van der Waals surface area contributed by atoms with Gasteiger partial charge in [-0.1, -0.05) is 53.9 Å². The Balaban J connectivity index is 1.23. The van der Waals surface area contributed by atoms with E-state index in [1.54, 1.807) is 0 Å². The van der Waals surface area contributed by atoms with Crippen LogP contribution < -0.4 is 5.32 Å². The van der Waals surface area contributed by atoms with Gasteiger partial charge in [-0.2, -0.15) is 0 Å². The van der Waals surface area contributed by atoms with Crippen LogP contribution in [0.5, 0.6) is 0 Å². The zero-order valence-corrected chi connectivity index (χ0v) is 27.3. The lowest BCUT2D eigenvalue weighted by Crippen LogP contribution is -2.65. The number of ether oxygens (including phenoxy) is 2. The summed E-state index contributed by atoms with van der Waals surface area (Å²) in [7, 11) is 0. The van der Waals surface area contributed by atoms with Crippen LogP contribution in [0.15, 0.2) is 0 Å². The summed E-state index contributed by atoms with van der Waals surface area (Å²) in [5.41, 5.74) is 0.840. The smallest absolute Gasteiger partial charge is 0.217 e. The zero-order valence-electron chi connectivity index (χ0n) is 27.3. The number of hydrogen-bond acceptors (Lipinski definition) is 6. The van der Waals surface area contributed by atoms with Gasteiger partial charge in [-0.25, -0.2) is 0 Å². The summed E-state index contributed by atoms with van der Waals surface area (Å²) in [6.45, 7) is 13.5. The standard InChI is InChI=1S/C35H61NO6/c1-20(2)8-7-9-21(3)26-12-13-27-25-11-10-23-18-24(14-16-34(23,5)28(25)15-17-35(26,27)6)41-33-30(36-22(4)38)32(40)31(39)29(19-37)42-33/h20-21,23-33,37,39-40H,7-19H2,1-6H3,(H,36,38)/t21-,23?,24+,25?,26-,27?,28?,29?,30?,31+,32-,33-,34+,35-/m1/s1. The minimum atomic E-state index is -1.29. The maximum Gasteiger partial charge on any atom is 0.217 e. The third-order valence-corrected chi connectivity index (χ3v) is 13.4. The first-order chi connectivity index (χ1) is 19.9. The van der Waals surface area contributed by atoms with Crippen LogP contribution in [-0.4, -0.2) is 64.6 Å². The molecule has 4 saturated carbocycles. The van der Waals surface area contributed by atoms with Gasteiger partial charge in [0.15, 0.2) is 6.29 Å². The van der Waals surface area contributed by atoms with Crippen LogP contribution in [-0.2, 0) is 14.3 Å². The number of rotatable bonds is 9. The summed E-state index contributed by atoms with van der Waals surface area (Å²) in [5.74, 6) is 5.32. The molecule has 4 aliphatic carbocycles. The topological polar surface area (TPSA) is 108 Å². The number of hydrogen-bond donors (Lipinski definition) is 4. The fraction of sp³-hybridized carbons (Fsp3) is 0.971. The molecule has 0 radical (unpaired) electrons. The highest BCUT2D eigenvalue weighted by Crippen LogP contribution is 2.68. The minimum Gasteiger partial charge on any atom is -0.394 e. The van der Waals surface area contributed by atoms with Crippen LogP contribution >= 0.6 is 0 Å². The van der Waals surface area contributed by atoms with Crippen molar-refractivity contribution in [3.8, 4) is 0 Å². The second-order valence-corrected chi connectivity index (χ2v) is 16.2. The number of fused-ring (bicyclic) bond motifs is 5. The molecule has 1 heterocycles. The van der Waals surface area contributed by atoms with Crippen molar-refractivity contribution in [2.75, 3.05) is 6.61 Å². The molecule has 242 valence electrons. The van der Waals surface area contributed by atoms with Gasteiger partial charge in [0.05, 0.1) is 12.7 Å². The van der Waals surface area contributed by atoms with Gasteiger partial charge in [0.25, 0.3) is 0 Å². The third-order valence-electron chi connectivity index (χ3n) is 13.4. The molecule has 5 rings (SSSR count). The van der Waals surface area contributed by atoms with E-state index in [4.69, 9.17) is 9.47 Å². The van der Waals surface area contributed by atoms with Crippen LogP contribution in [0.3, 0.4) is 0 Å². The van der Waals surface area contributed by atoms with E-state index in [-0.39, 0.29) is 12.0 Å². The SMILES string of the molecule is CC(=O)NC1[C@H](O[C@H]2CC[C@@]3(C)C(CCC4C3CC[C@@]3(C)C4CC[C@@H]3[C@H](C)CCCC(C)C)C2)OC(CO)[C@H](O)[C@@H]1O. The monoisotopic (exact) mass is 591 g/mol. The molecule has 1 saturated heterocycles. The number of aliphatic hydroxyl groups excluding tert-OH is 3. The van der Waals surface area contributed by atoms with Crippen molar-refractivity contribution in [2.45, 2.75) is 155 Å². The van der Waals surface area contributed by atoms with Gasteiger partial charge in [-0.05, 0) is 110 Å². The third kappa shape index (κ3) is 6.08. The highest BCUT2D eigenvalue weighted by molar-refractivity contribution is 5.73. The molecule has 5 fully saturated rings. The maximum absolute atomic E-state index is 11.9. The van der Waals surface area contributed by atoms with Gasteiger partial charge in [-0.15, -0.1) is 0 Å². The van der Waals surface area contributed by atoms with E-state index in [9.17, 15) is 20.1 Å². The average Bonchev–Trinajstić information content (AvgIpc) is 3.29. The van der Waals surface area contributed by atoms with Gasteiger partial charge < -0.3 is 30.1 Å². The molecule has 0 spiro atoms. The molecular weight excluding hydrogens is 530 g/mol. The van der Waals surface area contributed by atoms with Crippen molar-refractivity contribution in [2.24, 2.45) is 52.3 Å². The Bertz CT molecular complexity index is 929. The van der Waals surface area contributed by atoms with E-state index in [0.29, 0.717) is 16.7 Å². The highest BCUT2D eigenvalue weighted by atomic mass is 16.7. The normalized spacial score (nSPS) is 47.8. The molecule has 1 amide bonds. The summed E-state index contributed by atoms with van der Waals surface area (Å²) in [6.07, 6.45) is 10.9. The van der Waals surface area contributed by atoms with Gasteiger partial charge >= 0.3 is 0 Å². The van der Waals surface area contributed by atoms with Crippen molar-refractivity contribution < 1.29 is 29.6 Å². The first-order valence-electron chi connectivity index (χ1n) is 17.4. The summed E-state index contributed by atoms with van der Waals surface area (Å²) in [4.78, 5) is 11.9. The Morgan fingerprint density at radius 3 is 2.36 bits per heavy atom. The Morgan fingerprint density at radius 1 is 0.952 bits per heavy atom. The number of aliphatic hydroxyl groups is 3. The molecule has 0 bridgehead atoms. The molecule has 0 aromatic heterocycles. The number of amides is 1. The average molecular weight is 592 g/mol. The zero-order chi connectivity index (χ0) is 30.4. The summed E-state index contributed by atoms with van der Waals surface area (Å²) >= 11 is 0. The van der Waals surface area contributed by atoms with Crippen LogP contribution in [0.25, 0.3) is 0 Å². The Labute approximate surface area is 254 Å². The summed E-state index contributed by atoms with van der Waals surface area (Å²) in [6, 6.07) is -0.872. The Morgan fingerprint density at radius 2 is 1.67 bits per heavy atom. The van der Waals surface area contributed by atoms with Crippen molar-refractivity contribution in [1.29, 1.82) is 0 Å².